The summed E-state index contributed by atoms with van der Waals surface area (Å²) in [5, 5.41) is 4.29. The van der Waals surface area contributed by atoms with Crippen LogP contribution < -0.4 is 10.1 Å². The number of rotatable bonds is 6. The fourth-order valence-electron chi connectivity index (χ4n) is 3.82. The van der Waals surface area contributed by atoms with E-state index in [9.17, 15) is 8.42 Å². The number of fused-ring (bicyclic) bond motifs is 1. The summed E-state index contributed by atoms with van der Waals surface area (Å²) in [6.45, 7) is 8.34. The van der Waals surface area contributed by atoms with Crippen molar-refractivity contribution in [3.8, 4) is 5.75 Å². The van der Waals surface area contributed by atoms with Gasteiger partial charge in [0.05, 0.1) is 11.6 Å². The van der Waals surface area contributed by atoms with Crippen LogP contribution in [0.25, 0.3) is 10.9 Å². The first kappa shape index (κ1) is 22.8. The van der Waals surface area contributed by atoms with Gasteiger partial charge in [-0.15, -0.1) is 0 Å². The lowest BCUT2D eigenvalue weighted by molar-refractivity contribution is 0.234. The smallest absolute Gasteiger partial charge is 0.269 e. The van der Waals surface area contributed by atoms with Crippen molar-refractivity contribution in [2.45, 2.75) is 31.4 Å². The lowest BCUT2D eigenvalue weighted by Gasteiger charge is -2.26. The third-order valence-corrected chi connectivity index (χ3v) is 8.37. The molecule has 0 aliphatic carbocycles. The molecule has 1 fully saturated rings. The van der Waals surface area contributed by atoms with E-state index in [1.807, 2.05) is 32.0 Å². The topological polar surface area (TPSA) is 63.6 Å². The molecule has 0 saturated carbocycles. The molecule has 1 aromatic heterocycles. The summed E-state index contributed by atoms with van der Waals surface area (Å²) in [6, 6.07) is 10.7. The van der Waals surface area contributed by atoms with Gasteiger partial charge in [0, 0.05) is 53.3 Å². The minimum atomic E-state index is -3.81. The highest BCUT2D eigenvalue weighted by Gasteiger charge is 2.25. The maximum absolute atomic E-state index is 13.6. The fourth-order valence-corrected chi connectivity index (χ4v) is 6.59. The Balaban J connectivity index is 1.78. The average molecular weight is 571 g/mol. The molecule has 9 heteroatoms. The van der Waals surface area contributed by atoms with Crippen molar-refractivity contribution < 1.29 is 13.2 Å². The Morgan fingerprint density at radius 3 is 2.52 bits per heavy atom. The highest BCUT2D eigenvalue weighted by molar-refractivity contribution is 9.10. The van der Waals surface area contributed by atoms with E-state index in [-0.39, 0.29) is 11.0 Å². The number of ether oxygens (including phenoxy) is 1. The zero-order valence-electron chi connectivity index (χ0n) is 17.4. The van der Waals surface area contributed by atoms with Gasteiger partial charge in [0.25, 0.3) is 10.0 Å². The molecule has 1 saturated heterocycles. The maximum atomic E-state index is 13.6. The molecule has 0 radical (unpaired) electrons. The van der Waals surface area contributed by atoms with Crippen LogP contribution in [0.3, 0.4) is 0 Å². The molecule has 3 aromatic rings. The van der Waals surface area contributed by atoms with Crippen molar-refractivity contribution in [1.29, 1.82) is 0 Å². The summed E-state index contributed by atoms with van der Waals surface area (Å²) in [5.74, 6) is 0.626. The van der Waals surface area contributed by atoms with Crippen molar-refractivity contribution in [2.24, 2.45) is 0 Å². The molecule has 1 N–H and O–H groups in total. The SMILES string of the molecule is CC(C)Oc1ccc(S(=O)(=O)n2cc(CN3CCNCC3)c3cc(Br)ccc32)c(Br)c1. The summed E-state index contributed by atoms with van der Waals surface area (Å²) in [5.41, 5.74) is 1.67. The number of piperazine rings is 1. The quantitative estimate of drug-likeness (QED) is 0.469. The van der Waals surface area contributed by atoms with E-state index in [2.05, 4.69) is 42.1 Å². The Morgan fingerprint density at radius 2 is 1.84 bits per heavy atom. The Morgan fingerprint density at radius 1 is 1.10 bits per heavy atom. The van der Waals surface area contributed by atoms with Gasteiger partial charge >= 0.3 is 0 Å². The molecule has 166 valence electrons. The standard InChI is InChI=1S/C22H25Br2N3O3S/c1-15(2)30-18-4-6-22(20(24)12-18)31(28,29)27-14-16(13-26-9-7-25-8-10-26)19-11-17(23)3-5-21(19)27/h3-6,11-12,14-15,25H,7-10,13H2,1-2H3. The first-order chi connectivity index (χ1) is 14.8. The zero-order chi connectivity index (χ0) is 22.2. The molecule has 4 rings (SSSR count). The number of halogens is 2. The predicted molar refractivity (Wildman–Crippen MR) is 130 cm³/mol. The Hall–Kier alpha value is -1.39. The van der Waals surface area contributed by atoms with Gasteiger partial charge in [-0.25, -0.2) is 12.4 Å². The Labute approximate surface area is 199 Å². The summed E-state index contributed by atoms with van der Waals surface area (Å²) in [4.78, 5) is 2.55. The second kappa shape index (κ2) is 9.23. The van der Waals surface area contributed by atoms with Crippen molar-refractivity contribution in [2.75, 3.05) is 26.2 Å². The van der Waals surface area contributed by atoms with E-state index < -0.39 is 10.0 Å². The lowest BCUT2D eigenvalue weighted by atomic mass is 10.1. The van der Waals surface area contributed by atoms with Crippen LogP contribution in [0.2, 0.25) is 0 Å². The zero-order valence-corrected chi connectivity index (χ0v) is 21.4. The lowest BCUT2D eigenvalue weighted by Crippen LogP contribution is -2.42. The molecule has 0 unspecified atom stereocenters. The molecule has 2 aromatic carbocycles. The molecular weight excluding hydrogens is 546 g/mol. The van der Waals surface area contributed by atoms with Gasteiger partial charge in [-0.2, -0.15) is 0 Å². The highest BCUT2D eigenvalue weighted by atomic mass is 79.9. The molecule has 1 aliphatic heterocycles. The maximum Gasteiger partial charge on any atom is 0.269 e. The Bertz CT molecular complexity index is 1200. The van der Waals surface area contributed by atoms with Crippen LogP contribution in [0.15, 0.2) is 56.4 Å². The summed E-state index contributed by atoms with van der Waals surface area (Å²) in [6.07, 6.45) is 1.77. The number of benzene rings is 2. The van der Waals surface area contributed by atoms with E-state index in [0.29, 0.717) is 22.3 Å². The van der Waals surface area contributed by atoms with Crippen LogP contribution in [0.5, 0.6) is 5.75 Å². The van der Waals surface area contributed by atoms with E-state index in [1.165, 1.54) is 3.97 Å². The van der Waals surface area contributed by atoms with Crippen LogP contribution in [-0.4, -0.2) is 49.6 Å². The summed E-state index contributed by atoms with van der Waals surface area (Å²) in [7, 11) is -3.81. The van der Waals surface area contributed by atoms with Gasteiger partial charge in [0.1, 0.15) is 10.6 Å². The normalized spacial score (nSPS) is 15.6. The average Bonchev–Trinajstić information content (AvgIpc) is 3.06. The van der Waals surface area contributed by atoms with Crippen molar-refractivity contribution >= 4 is 52.8 Å². The first-order valence-electron chi connectivity index (χ1n) is 10.2. The number of nitrogens with zero attached hydrogens (tertiary/aromatic N) is 2. The molecule has 0 spiro atoms. The van der Waals surface area contributed by atoms with E-state index >= 15 is 0 Å². The first-order valence-corrected chi connectivity index (χ1v) is 13.2. The molecule has 1 aliphatic rings. The van der Waals surface area contributed by atoms with Gasteiger partial charge in [-0.3, -0.25) is 4.90 Å². The minimum absolute atomic E-state index is 0.00809. The van der Waals surface area contributed by atoms with E-state index in [1.54, 1.807) is 24.4 Å². The predicted octanol–water partition coefficient (Wildman–Crippen LogP) is 4.60. The molecule has 0 amide bonds. The van der Waals surface area contributed by atoms with Gasteiger partial charge in [-0.1, -0.05) is 15.9 Å². The van der Waals surface area contributed by atoms with Crippen molar-refractivity contribution in [3.05, 3.63) is 57.1 Å². The number of hydrogen-bond acceptors (Lipinski definition) is 5. The summed E-state index contributed by atoms with van der Waals surface area (Å²) >= 11 is 6.97. The molecule has 2 heterocycles. The minimum Gasteiger partial charge on any atom is -0.491 e. The van der Waals surface area contributed by atoms with Crippen molar-refractivity contribution in [3.63, 3.8) is 0 Å². The van der Waals surface area contributed by atoms with Gasteiger partial charge in [-0.05, 0) is 71.7 Å². The molecular formula is C22H25Br2N3O3S. The summed E-state index contributed by atoms with van der Waals surface area (Å²) < 4.78 is 35.8. The highest BCUT2D eigenvalue weighted by Crippen LogP contribution is 2.33. The van der Waals surface area contributed by atoms with Gasteiger partial charge in [0.15, 0.2) is 0 Å². The van der Waals surface area contributed by atoms with Crippen molar-refractivity contribution in [1.82, 2.24) is 14.2 Å². The number of aromatic nitrogens is 1. The largest absolute Gasteiger partial charge is 0.491 e. The van der Waals surface area contributed by atoms with Crippen LogP contribution in [0, 0.1) is 0 Å². The van der Waals surface area contributed by atoms with Gasteiger partial charge in [0.2, 0.25) is 0 Å². The number of hydrogen-bond donors (Lipinski definition) is 1. The van der Waals surface area contributed by atoms with Gasteiger partial charge < -0.3 is 10.1 Å². The van der Waals surface area contributed by atoms with Crippen LogP contribution in [0.1, 0.15) is 19.4 Å². The second-order valence-electron chi connectivity index (χ2n) is 7.90. The number of nitrogens with one attached hydrogen (secondary N) is 1. The van der Waals surface area contributed by atoms with E-state index in [0.717, 1.165) is 41.6 Å². The monoisotopic (exact) mass is 569 g/mol. The van der Waals surface area contributed by atoms with Crippen LogP contribution >= 0.6 is 31.9 Å². The second-order valence-corrected chi connectivity index (χ2v) is 11.5. The van der Waals surface area contributed by atoms with Crippen LogP contribution in [-0.2, 0) is 16.6 Å². The molecule has 31 heavy (non-hydrogen) atoms. The third-order valence-electron chi connectivity index (χ3n) is 5.23. The van der Waals surface area contributed by atoms with Crippen LogP contribution in [0.4, 0.5) is 0 Å². The molecule has 0 bridgehead atoms. The molecule has 6 nitrogen and oxygen atoms in total. The fraction of sp³-hybridized carbons (Fsp3) is 0.364. The Kier molecular flexibility index (Phi) is 6.79. The molecule has 0 atom stereocenters. The third kappa shape index (κ3) is 4.85. The van der Waals surface area contributed by atoms with E-state index in [4.69, 9.17) is 4.74 Å².